The first kappa shape index (κ1) is 24.5. The molecule has 0 radical (unpaired) electrons. The lowest BCUT2D eigenvalue weighted by Gasteiger charge is -2.19. The highest BCUT2D eigenvalue weighted by atomic mass is 32.2. The Hall–Kier alpha value is -2.81. The highest BCUT2D eigenvalue weighted by Gasteiger charge is 2.22. The van der Waals surface area contributed by atoms with Crippen molar-refractivity contribution in [3.05, 3.63) is 85.0 Å². The van der Waals surface area contributed by atoms with Gasteiger partial charge >= 0.3 is 0 Å². The molecule has 0 aromatic heterocycles. The molecule has 0 fully saturated rings. The predicted octanol–water partition coefficient (Wildman–Crippen LogP) is 4.30. The van der Waals surface area contributed by atoms with Crippen molar-refractivity contribution in [2.24, 2.45) is 0 Å². The summed E-state index contributed by atoms with van der Waals surface area (Å²) in [5, 5.41) is 5.63. The minimum Gasteiger partial charge on any atom is -0.332 e. The number of benzene rings is 2. The van der Waals surface area contributed by atoms with E-state index in [0.717, 1.165) is 5.56 Å². The molecule has 0 spiro atoms. The smallest absolute Gasteiger partial charge is 0.257 e. The van der Waals surface area contributed by atoms with Crippen LogP contribution in [0.25, 0.3) is 0 Å². The van der Waals surface area contributed by atoms with Gasteiger partial charge in [-0.05, 0) is 60.1 Å². The predicted molar refractivity (Wildman–Crippen MR) is 130 cm³/mol. The van der Waals surface area contributed by atoms with Gasteiger partial charge in [0.15, 0.2) is 5.11 Å². The largest absolute Gasteiger partial charge is 0.332 e. The van der Waals surface area contributed by atoms with Gasteiger partial charge in [0.1, 0.15) is 0 Å². The van der Waals surface area contributed by atoms with Gasteiger partial charge in [0.05, 0.1) is 4.90 Å². The molecule has 0 heterocycles. The summed E-state index contributed by atoms with van der Waals surface area (Å²) in [6, 6.07) is 13.5. The lowest BCUT2D eigenvalue weighted by molar-refractivity contribution is 0.0977. The van der Waals surface area contributed by atoms with Crippen molar-refractivity contribution in [3.63, 3.8) is 0 Å². The van der Waals surface area contributed by atoms with E-state index in [4.69, 9.17) is 12.2 Å². The second-order valence-electron chi connectivity index (χ2n) is 7.11. The summed E-state index contributed by atoms with van der Waals surface area (Å²) in [6.45, 7) is 11.7. The number of carbonyl (C=O) groups excluding carboxylic acids is 1. The van der Waals surface area contributed by atoms with Crippen LogP contribution in [0.5, 0.6) is 0 Å². The first-order chi connectivity index (χ1) is 14.7. The van der Waals surface area contributed by atoms with Crippen LogP contribution in [0.1, 0.15) is 35.7 Å². The summed E-state index contributed by atoms with van der Waals surface area (Å²) >= 11 is 5.20. The van der Waals surface area contributed by atoms with Gasteiger partial charge in [0, 0.05) is 24.3 Å². The zero-order chi connectivity index (χ0) is 23.0. The molecule has 31 heavy (non-hydrogen) atoms. The Morgan fingerprint density at radius 2 is 1.58 bits per heavy atom. The fraction of sp³-hybridized carbons (Fsp3) is 0.217. The Morgan fingerprint density at radius 3 is 2.06 bits per heavy atom. The zero-order valence-electron chi connectivity index (χ0n) is 17.7. The molecule has 2 aromatic rings. The third-order valence-electron chi connectivity index (χ3n) is 4.48. The van der Waals surface area contributed by atoms with Gasteiger partial charge in [-0.2, -0.15) is 4.31 Å². The maximum absolute atomic E-state index is 12.7. The van der Waals surface area contributed by atoms with Crippen LogP contribution in [-0.4, -0.2) is 36.8 Å². The van der Waals surface area contributed by atoms with Gasteiger partial charge in [-0.1, -0.05) is 38.1 Å². The van der Waals surface area contributed by atoms with E-state index < -0.39 is 10.0 Å². The van der Waals surface area contributed by atoms with Crippen molar-refractivity contribution in [3.8, 4) is 0 Å². The molecule has 0 aliphatic rings. The average molecular weight is 458 g/mol. The van der Waals surface area contributed by atoms with E-state index in [9.17, 15) is 13.2 Å². The Kier molecular flexibility index (Phi) is 8.67. The SMILES string of the molecule is C=CCN(CC=C)S(=O)(=O)c1ccc(NC(=S)NC(=O)c2ccc(C(C)C)cc2)cc1. The zero-order valence-corrected chi connectivity index (χ0v) is 19.3. The number of rotatable bonds is 9. The molecule has 2 aromatic carbocycles. The van der Waals surface area contributed by atoms with Crippen molar-refractivity contribution < 1.29 is 13.2 Å². The molecule has 0 aliphatic carbocycles. The molecule has 1 amide bonds. The number of sulfonamides is 1. The van der Waals surface area contributed by atoms with Crippen LogP contribution >= 0.6 is 12.2 Å². The summed E-state index contributed by atoms with van der Waals surface area (Å²) < 4.78 is 26.8. The number of thiocarbonyl (C=S) groups is 1. The second kappa shape index (κ2) is 11.0. The summed E-state index contributed by atoms with van der Waals surface area (Å²) in [5.41, 5.74) is 2.20. The van der Waals surface area contributed by atoms with Gasteiger partial charge in [0.2, 0.25) is 10.0 Å². The lowest BCUT2D eigenvalue weighted by atomic mass is 10.0. The molecule has 0 unspecified atom stereocenters. The van der Waals surface area contributed by atoms with Crippen molar-refractivity contribution in [2.45, 2.75) is 24.7 Å². The van der Waals surface area contributed by atoms with E-state index in [1.54, 1.807) is 24.3 Å². The quantitative estimate of drug-likeness (QED) is 0.434. The molecular formula is C23H27N3O3S2. The highest BCUT2D eigenvalue weighted by Crippen LogP contribution is 2.19. The maximum atomic E-state index is 12.7. The van der Waals surface area contributed by atoms with Crippen LogP contribution in [0.3, 0.4) is 0 Å². The van der Waals surface area contributed by atoms with E-state index in [1.807, 2.05) is 12.1 Å². The molecule has 0 atom stereocenters. The van der Waals surface area contributed by atoms with Crippen molar-refractivity contribution in [2.75, 3.05) is 18.4 Å². The number of hydrogen-bond acceptors (Lipinski definition) is 4. The molecule has 2 N–H and O–H groups in total. The molecule has 164 valence electrons. The van der Waals surface area contributed by atoms with E-state index in [0.29, 0.717) is 17.2 Å². The lowest BCUT2D eigenvalue weighted by Crippen LogP contribution is -2.34. The normalized spacial score (nSPS) is 11.2. The number of nitrogens with one attached hydrogen (secondary N) is 2. The highest BCUT2D eigenvalue weighted by molar-refractivity contribution is 7.89. The summed E-state index contributed by atoms with van der Waals surface area (Å²) in [7, 11) is -3.67. The van der Waals surface area contributed by atoms with Gasteiger partial charge in [-0.3, -0.25) is 10.1 Å². The van der Waals surface area contributed by atoms with Crippen molar-refractivity contribution >= 4 is 38.9 Å². The van der Waals surface area contributed by atoms with Gasteiger partial charge in [-0.15, -0.1) is 13.2 Å². The van der Waals surface area contributed by atoms with E-state index >= 15 is 0 Å². The maximum Gasteiger partial charge on any atom is 0.257 e. The van der Waals surface area contributed by atoms with Crippen LogP contribution < -0.4 is 10.6 Å². The van der Waals surface area contributed by atoms with E-state index in [1.165, 1.54) is 28.6 Å². The first-order valence-electron chi connectivity index (χ1n) is 9.73. The Labute approximate surface area is 189 Å². The second-order valence-corrected chi connectivity index (χ2v) is 9.45. The van der Waals surface area contributed by atoms with Gasteiger partial charge in [-0.25, -0.2) is 8.42 Å². The Morgan fingerprint density at radius 1 is 1.03 bits per heavy atom. The molecule has 6 nitrogen and oxygen atoms in total. The average Bonchev–Trinajstić information content (AvgIpc) is 2.74. The van der Waals surface area contributed by atoms with Crippen LogP contribution in [0.4, 0.5) is 5.69 Å². The number of amides is 1. The summed E-state index contributed by atoms with van der Waals surface area (Å²) in [4.78, 5) is 12.5. The van der Waals surface area contributed by atoms with E-state index in [-0.39, 0.29) is 29.0 Å². The van der Waals surface area contributed by atoms with Crippen molar-refractivity contribution in [1.82, 2.24) is 9.62 Å². The Bertz CT molecular complexity index is 1030. The van der Waals surface area contributed by atoms with E-state index in [2.05, 4.69) is 37.6 Å². The van der Waals surface area contributed by atoms with Gasteiger partial charge in [0.25, 0.3) is 5.91 Å². The third kappa shape index (κ3) is 6.58. The fourth-order valence-corrected chi connectivity index (χ4v) is 4.37. The molecule has 0 saturated heterocycles. The molecule has 0 aliphatic heterocycles. The Balaban J connectivity index is 2.03. The number of hydrogen-bond donors (Lipinski definition) is 2. The van der Waals surface area contributed by atoms with Crippen molar-refractivity contribution in [1.29, 1.82) is 0 Å². The fourth-order valence-electron chi connectivity index (χ4n) is 2.78. The first-order valence-corrected chi connectivity index (χ1v) is 11.6. The van der Waals surface area contributed by atoms with Crippen LogP contribution in [-0.2, 0) is 10.0 Å². The number of nitrogens with zero attached hydrogens (tertiary/aromatic N) is 1. The summed E-state index contributed by atoms with van der Waals surface area (Å²) in [5.74, 6) is 0.0590. The third-order valence-corrected chi connectivity index (χ3v) is 6.53. The van der Waals surface area contributed by atoms with Gasteiger partial charge < -0.3 is 5.32 Å². The molecular weight excluding hydrogens is 430 g/mol. The topological polar surface area (TPSA) is 78.5 Å². The summed E-state index contributed by atoms with van der Waals surface area (Å²) in [6.07, 6.45) is 3.04. The van der Waals surface area contributed by atoms with Crippen LogP contribution in [0, 0.1) is 0 Å². The minimum absolute atomic E-state index is 0.119. The molecule has 2 rings (SSSR count). The standard InChI is InChI=1S/C23H27N3O3S2/c1-5-15-26(16-6-2)31(28,29)21-13-11-20(12-14-21)24-23(30)25-22(27)19-9-7-18(8-10-19)17(3)4/h5-14,17H,1-2,15-16H2,3-4H3,(H2,24,25,27,30). The molecule has 8 heteroatoms. The minimum atomic E-state index is -3.67. The number of carbonyl (C=O) groups is 1. The monoisotopic (exact) mass is 457 g/mol. The molecule has 0 saturated carbocycles. The molecule has 0 bridgehead atoms. The number of anilines is 1. The van der Waals surface area contributed by atoms with Crippen LogP contribution in [0.15, 0.2) is 78.7 Å². The van der Waals surface area contributed by atoms with Crippen LogP contribution in [0.2, 0.25) is 0 Å².